The molecule has 0 bridgehead atoms. The molecule has 1 aromatic carbocycles. The molecule has 1 aliphatic rings. The first kappa shape index (κ1) is 18.5. The van der Waals surface area contributed by atoms with E-state index in [1.165, 1.54) is 3.88 Å². The molecular formula is C21H32NO2Ti. The van der Waals surface area contributed by atoms with E-state index in [0.29, 0.717) is 0 Å². The molecule has 0 aliphatic heterocycles. The second-order valence-corrected chi connectivity index (χ2v) is 49.1. The van der Waals surface area contributed by atoms with E-state index in [1.54, 1.807) is 14.2 Å². The molecule has 2 aromatic rings. The second-order valence-electron chi connectivity index (χ2n) is 14.3. The zero-order chi connectivity index (χ0) is 18.8. The van der Waals surface area contributed by atoms with Crippen LogP contribution in [0.5, 0.6) is 0 Å². The molecule has 0 atom stereocenters. The van der Waals surface area contributed by atoms with E-state index in [0.717, 1.165) is 21.2 Å². The Morgan fingerprint density at radius 3 is 2.12 bits per heavy atom. The number of benzene rings is 1. The van der Waals surface area contributed by atoms with E-state index < -0.39 is 11.0 Å². The Kier molecular flexibility index (Phi) is 2.23. The standard InChI is InChI=1S/C9H6N.C5H5.2CH3O.5CH3.Ti/c1-2-6-9-8(4-1)5-3-7-10-9;1-2-4-5-3-1;2*1-2;;;;;;/h1-4,6-7H;1-3H,4H2;2*1H3;5*1H3;/q;;2*-1;;;;;;+2. The van der Waals surface area contributed by atoms with Gasteiger partial charge in [0, 0.05) is 0 Å². The molecule has 1 aromatic heterocycles. The van der Waals surface area contributed by atoms with Crippen molar-refractivity contribution in [2.75, 3.05) is 14.2 Å². The predicted molar refractivity (Wildman–Crippen MR) is 107 cm³/mol. The normalized spacial score (nSPS) is 23.5. The second kappa shape index (κ2) is 3.01. The van der Waals surface area contributed by atoms with Crippen LogP contribution >= 0.6 is 0 Å². The summed E-state index contributed by atoms with van der Waals surface area (Å²) < 4.78 is 16.0. The van der Waals surface area contributed by atoms with Crippen molar-refractivity contribution in [3.8, 4) is 0 Å². The van der Waals surface area contributed by atoms with Crippen molar-refractivity contribution in [1.82, 2.24) is 4.98 Å². The predicted octanol–water partition coefficient (Wildman–Crippen LogP) is 5.90. The third-order valence-electron chi connectivity index (χ3n) is 8.77. The minimum absolute atomic E-state index is 0.790. The van der Waals surface area contributed by atoms with E-state index >= 15 is 0 Å². The Bertz CT molecular complexity index is 1060. The van der Waals surface area contributed by atoms with Crippen molar-refractivity contribution in [1.29, 1.82) is 0 Å². The van der Waals surface area contributed by atoms with Crippen LogP contribution in [-0.2, 0) is 17.6 Å². The molecule has 1 heterocycles. The monoisotopic (exact) mass is 378 g/mol. The van der Waals surface area contributed by atoms with Crippen LogP contribution in [0.25, 0.3) is 10.9 Å². The van der Waals surface area contributed by atoms with Gasteiger partial charge >= 0.3 is 143 Å². The maximum absolute atomic E-state index is 6.90. The van der Waals surface area contributed by atoms with Gasteiger partial charge in [0.25, 0.3) is 0 Å². The number of rotatable bonds is 4. The van der Waals surface area contributed by atoms with Crippen LogP contribution in [0.15, 0.2) is 58.6 Å². The Morgan fingerprint density at radius 1 is 0.920 bits per heavy atom. The van der Waals surface area contributed by atoms with Crippen molar-refractivity contribution in [3.63, 3.8) is 0 Å². The Morgan fingerprint density at radius 2 is 1.56 bits per heavy atom. The number of aromatic nitrogens is 1. The van der Waals surface area contributed by atoms with Gasteiger partial charge in [0.05, 0.1) is 0 Å². The molecule has 0 amide bonds. The van der Waals surface area contributed by atoms with Gasteiger partial charge in [0.15, 0.2) is 0 Å². The van der Waals surface area contributed by atoms with E-state index in [9.17, 15) is 0 Å². The summed E-state index contributed by atoms with van der Waals surface area (Å²) in [6, 6.07) is 10.3. The molecule has 0 radical (unpaired) electrons. The Labute approximate surface area is 142 Å². The number of pyridine rings is 1. The zero-order valence-electron chi connectivity index (χ0n) is 16.7. The summed E-state index contributed by atoms with van der Waals surface area (Å²) in [6.07, 6.45) is 9.09. The van der Waals surface area contributed by atoms with Gasteiger partial charge in [-0.3, -0.25) is 0 Å². The van der Waals surface area contributed by atoms with Crippen LogP contribution < -0.4 is 3.87 Å². The molecule has 0 saturated carbocycles. The van der Waals surface area contributed by atoms with Gasteiger partial charge in [0.2, 0.25) is 0 Å². The van der Waals surface area contributed by atoms with Crippen molar-refractivity contribution < 1.29 is 17.6 Å². The summed E-state index contributed by atoms with van der Waals surface area (Å²) in [5, 5.41) is 12.2. The van der Waals surface area contributed by atoms with Crippen molar-refractivity contribution >= 4 is 14.8 Å². The first-order valence-electron chi connectivity index (χ1n) is 9.12. The summed E-state index contributed by atoms with van der Waals surface area (Å²) in [7, 11) is -2.71. The average molecular weight is 378 g/mol. The van der Waals surface area contributed by atoms with Crippen LogP contribution in [0.4, 0.5) is 0 Å². The van der Waals surface area contributed by atoms with Crippen LogP contribution in [0.2, 0.25) is 26.1 Å². The van der Waals surface area contributed by atoms with Crippen LogP contribution in [0, 0.1) is 0 Å². The summed E-state index contributed by atoms with van der Waals surface area (Å²) in [6.45, 7) is 0. The van der Waals surface area contributed by atoms with E-state index in [1.807, 2.05) is 24.4 Å². The fourth-order valence-electron chi connectivity index (χ4n) is 4.83. The summed E-state index contributed by atoms with van der Waals surface area (Å²) in [5.41, 5.74) is 0.937. The molecule has 3 rings (SSSR count). The van der Waals surface area contributed by atoms with Crippen molar-refractivity contribution in [2.24, 2.45) is 0 Å². The average Bonchev–Trinajstić information content (AvgIpc) is 3.12. The first-order chi connectivity index (χ1) is 11.1. The summed E-state index contributed by atoms with van der Waals surface area (Å²) >= 11 is 0. The van der Waals surface area contributed by atoms with Gasteiger partial charge in [-0.25, -0.2) is 0 Å². The molecule has 25 heavy (non-hydrogen) atoms. The molecular weight excluding hydrogens is 346 g/mol. The summed E-state index contributed by atoms with van der Waals surface area (Å²) in [4.78, 5) is 4.58. The van der Waals surface area contributed by atoms with E-state index in [-0.39, 0.29) is 0 Å². The first-order valence-corrected chi connectivity index (χ1v) is 19.8. The Hall–Kier alpha value is -1.26. The molecule has 0 N–H and O–H groups in total. The molecule has 0 spiro atoms. The van der Waals surface area contributed by atoms with Crippen LogP contribution in [-0.4, -0.2) is 19.2 Å². The minimum atomic E-state index is -6.29. The number of allylic oxidation sites excluding steroid dienone is 4. The molecule has 0 fully saturated rings. The number of hydrogen-bond donors (Lipinski definition) is 0. The SMILES string of the molecule is C[O][Ti]([CH3])([CH3])([CH3])([CH3])([CH3])([O]C)([C]1=CC=CC1)[c]1ccnc2ccccc12. The fourth-order valence-corrected chi connectivity index (χ4v) is 15.9. The molecule has 137 valence electrons. The topological polar surface area (TPSA) is 31.4 Å². The van der Waals surface area contributed by atoms with Crippen molar-refractivity contribution in [3.05, 3.63) is 58.6 Å². The summed E-state index contributed by atoms with van der Waals surface area (Å²) in [5.74, 6) is 0. The molecule has 4 heteroatoms. The molecule has 0 unspecified atom stereocenters. The maximum atomic E-state index is 6.90. The molecule has 1 aliphatic carbocycles. The number of nitrogens with zero attached hydrogens (tertiary/aromatic N) is 1. The quantitative estimate of drug-likeness (QED) is 0.621. The van der Waals surface area contributed by atoms with E-state index in [4.69, 9.17) is 6.64 Å². The van der Waals surface area contributed by atoms with Gasteiger partial charge < -0.3 is 0 Å². The van der Waals surface area contributed by atoms with Gasteiger partial charge in [-0.15, -0.1) is 0 Å². The zero-order valence-corrected chi connectivity index (χ0v) is 18.2. The molecule has 3 nitrogen and oxygen atoms in total. The number of para-hydroxylation sites is 1. The fraction of sp³-hybridized carbons (Fsp3) is 0.381. The molecule has 0 saturated heterocycles. The van der Waals surface area contributed by atoms with Crippen LogP contribution in [0.1, 0.15) is 6.42 Å². The Balaban J connectivity index is 2.82. The van der Waals surface area contributed by atoms with Gasteiger partial charge in [-0.05, 0) is 0 Å². The van der Waals surface area contributed by atoms with Crippen molar-refractivity contribution in [2.45, 2.75) is 32.6 Å². The third kappa shape index (κ3) is 1.75. The van der Waals surface area contributed by atoms with Gasteiger partial charge in [-0.2, -0.15) is 0 Å². The van der Waals surface area contributed by atoms with Gasteiger partial charge in [-0.1, -0.05) is 0 Å². The van der Waals surface area contributed by atoms with E-state index in [2.05, 4.69) is 61.5 Å². The van der Waals surface area contributed by atoms with Gasteiger partial charge in [0.1, 0.15) is 0 Å². The van der Waals surface area contributed by atoms with Crippen LogP contribution in [0.3, 0.4) is 0 Å². The third-order valence-corrected chi connectivity index (χ3v) is 29.8. The number of fused-ring (bicyclic) bond motifs is 1. The number of hydrogen-bond acceptors (Lipinski definition) is 3.